The molecule has 7 heteroatoms. The van der Waals surface area contributed by atoms with E-state index in [0.29, 0.717) is 5.56 Å². The minimum atomic E-state index is -0.0735. The average molecular weight is 1090 g/mol. The molecule has 0 spiro atoms. The van der Waals surface area contributed by atoms with E-state index in [9.17, 15) is 5.26 Å². The largest absolute Gasteiger partial charge is 0.311 e. The normalized spacial score (nSPS) is 12.8. The number of nitriles is 1. The van der Waals surface area contributed by atoms with Crippen LogP contribution in [0, 0.1) is 11.3 Å². The molecule has 12 aromatic carbocycles. The van der Waals surface area contributed by atoms with Gasteiger partial charge in [-0.05, 0) is 124 Å². The molecule has 17 rings (SSSR count). The molecule has 0 saturated heterocycles. The minimum absolute atomic E-state index is 0.0546. The molecule has 0 radical (unpaired) electrons. The summed E-state index contributed by atoms with van der Waals surface area (Å²) in [5.41, 5.74) is 23.7. The lowest BCUT2D eigenvalue weighted by Crippen LogP contribution is -2.60. The topological polar surface area (TPSA) is 41.8 Å². The van der Waals surface area contributed by atoms with E-state index in [0.717, 1.165) is 100 Å². The van der Waals surface area contributed by atoms with Crippen LogP contribution < -0.4 is 21.3 Å². The van der Waals surface area contributed by atoms with E-state index in [4.69, 9.17) is 0 Å². The third-order valence-electron chi connectivity index (χ3n) is 17.9. The van der Waals surface area contributed by atoms with Crippen LogP contribution in [0.2, 0.25) is 0 Å². The molecule has 0 fully saturated rings. The van der Waals surface area contributed by atoms with Crippen LogP contribution in [0.3, 0.4) is 0 Å². The highest BCUT2D eigenvalue weighted by Gasteiger charge is 2.43. The van der Waals surface area contributed by atoms with Gasteiger partial charge in [-0.25, -0.2) is 0 Å². The molecule has 0 saturated carbocycles. The zero-order valence-electron chi connectivity index (χ0n) is 46.5. The number of anilines is 3. The third-order valence-corrected chi connectivity index (χ3v) is 19.0. The number of aromatic nitrogens is 3. The quantitative estimate of drug-likeness (QED) is 0.156. The summed E-state index contributed by atoms with van der Waals surface area (Å²) in [7, 11) is 0. The van der Waals surface area contributed by atoms with Gasteiger partial charge in [-0.2, -0.15) is 5.26 Å². The maximum Gasteiger partial charge on any atom is 0.249 e. The summed E-state index contributed by atoms with van der Waals surface area (Å²) in [6, 6.07) is 99.0. The van der Waals surface area contributed by atoms with E-state index in [1.54, 1.807) is 0 Å². The minimum Gasteiger partial charge on any atom is -0.311 e. The molecule has 5 nitrogen and oxygen atoms in total. The summed E-state index contributed by atoms with van der Waals surface area (Å²) in [4.78, 5) is 5.12. The first-order chi connectivity index (χ1) is 41.3. The molecule has 0 N–H and O–H groups in total. The van der Waals surface area contributed by atoms with Crippen LogP contribution in [0.4, 0.5) is 17.1 Å². The fraction of sp³-hybridized carbons (Fsp3) is 0.0519. The monoisotopic (exact) mass is 1090 g/mol. The third kappa shape index (κ3) is 7.11. The Morgan fingerprint density at radius 1 is 0.381 bits per heavy atom. The standard InChI is InChI=1S/C77H52BN5S/c1-77(2,3)51-37-39-62-73(45-51)84-74-44-50(54-28-19-35-70(81-65-31-15-8-23-55(65)56-24-9-16-32-66(56)81)76(54)83-67-33-17-10-25-57(67)58-26-11-18-34-68(58)83)43-72-75(74)78(62)61-40-38-52(80-64-30-14-12-27-59(64)60-42-48(47-79)36-41-69(60)80)46-71(61)82(72)63-29-13-7-22-53(63)49-20-5-4-6-21-49/h4-46H,1-3H3. The number of nitrogens with zero attached hydrogens (tertiary/aromatic N) is 5. The zero-order chi connectivity index (χ0) is 55.9. The van der Waals surface area contributed by atoms with Crippen molar-refractivity contribution < 1.29 is 0 Å². The van der Waals surface area contributed by atoms with E-state index in [1.165, 1.54) is 53.3 Å². The molecular formula is C77H52BN5S. The lowest BCUT2D eigenvalue weighted by Gasteiger charge is -2.41. The molecule has 0 atom stereocenters. The van der Waals surface area contributed by atoms with Gasteiger partial charge < -0.3 is 18.6 Å². The van der Waals surface area contributed by atoms with Crippen LogP contribution >= 0.6 is 11.8 Å². The fourth-order valence-corrected chi connectivity index (χ4v) is 15.4. The molecular weight excluding hydrogens is 1040 g/mol. The second-order valence-electron chi connectivity index (χ2n) is 23.5. The van der Waals surface area contributed by atoms with Gasteiger partial charge >= 0.3 is 0 Å². The molecule has 2 aliphatic rings. The number of benzene rings is 12. The Hall–Kier alpha value is -10.3. The van der Waals surface area contributed by atoms with Crippen LogP contribution in [0.1, 0.15) is 31.9 Å². The van der Waals surface area contributed by atoms with Gasteiger partial charge in [0.05, 0.1) is 61.8 Å². The zero-order valence-corrected chi connectivity index (χ0v) is 47.4. The summed E-state index contributed by atoms with van der Waals surface area (Å²) in [6.45, 7) is 6.89. The van der Waals surface area contributed by atoms with Gasteiger partial charge in [-0.3, -0.25) is 0 Å². The first-order valence-corrected chi connectivity index (χ1v) is 29.7. The van der Waals surface area contributed by atoms with Gasteiger partial charge in [-0.1, -0.05) is 208 Å². The number of hydrogen-bond acceptors (Lipinski definition) is 3. The predicted octanol–water partition coefficient (Wildman–Crippen LogP) is 18.2. The molecule has 0 amide bonds. The van der Waals surface area contributed by atoms with Crippen LogP contribution in [0.5, 0.6) is 0 Å². The van der Waals surface area contributed by atoms with Gasteiger partial charge in [0.25, 0.3) is 0 Å². The van der Waals surface area contributed by atoms with E-state index >= 15 is 0 Å². The first-order valence-electron chi connectivity index (χ1n) is 28.9. The van der Waals surface area contributed by atoms with Crippen molar-refractivity contribution in [3.63, 3.8) is 0 Å². The maximum atomic E-state index is 10.2. The summed E-state index contributed by atoms with van der Waals surface area (Å²) < 4.78 is 7.43. The van der Waals surface area contributed by atoms with E-state index in [1.807, 2.05) is 23.9 Å². The molecule has 0 bridgehead atoms. The Morgan fingerprint density at radius 2 is 0.929 bits per heavy atom. The Labute approximate surface area is 491 Å². The van der Waals surface area contributed by atoms with Crippen molar-refractivity contribution in [3.05, 3.63) is 272 Å². The van der Waals surface area contributed by atoms with Crippen molar-refractivity contribution in [1.29, 1.82) is 5.26 Å². The van der Waals surface area contributed by atoms with Crippen molar-refractivity contribution in [2.75, 3.05) is 4.90 Å². The molecule has 84 heavy (non-hydrogen) atoms. The highest BCUT2D eigenvalue weighted by Crippen LogP contribution is 2.50. The maximum absolute atomic E-state index is 10.2. The summed E-state index contributed by atoms with van der Waals surface area (Å²) >= 11 is 1.92. The molecule has 0 aliphatic carbocycles. The Bertz CT molecular complexity index is 5210. The average Bonchev–Trinajstić information content (AvgIpc) is 1.47. The van der Waals surface area contributed by atoms with Crippen molar-refractivity contribution in [2.45, 2.75) is 36.0 Å². The summed E-state index contributed by atoms with van der Waals surface area (Å²) in [6.07, 6.45) is 0. The van der Waals surface area contributed by atoms with Gasteiger partial charge in [0.2, 0.25) is 6.71 Å². The summed E-state index contributed by atoms with van der Waals surface area (Å²) in [5.74, 6) is 0. The number of rotatable bonds is 6. The predicted molar refractivity (Wildman–Crippen MR) is 354 cm³/mol. The van der Waals surface area contributed by atoms with Crippen molar-refractivity contribution in [3.8, 4) is 45.4 Å². The number of hydrogen-bond donors (Lipinski definition) is 0. The van der Waals surface area contributed by atoms with Crippen molar-refractivity contribution >= 4 is 117 Å². The number of para-hydroxylation sites is 7. The molecule has 3 aromatic heterocycles. The van der Waals surface area contributed by atoms with Gasteiger partial charge in [0.15, 0.2) is 0 Å². The Morgan fingerprint density at radius 3 is 1.58 bits per heavy atom. The SMILES string of the molecule is CC(C)(C)c1ccc2c(c1)Sc1cc(-c3cccc(-n4c5ccccc5c5ccccc54)c3-n3c4ccccc4c4ccccc43)cc3c1B2c1ccc(-n2c4ccccc4c4cc(C#N)ccc42)cc1N3c1ccccc1-c1ccccc1. The smallest absolute Gasteiger partial charge is 0.249 e. The van der Waals surface area contributed by atoms with Crippen LogP contribution in [0.15, 0.2) is 271 Å². The van der Waals surface area contributed by atoms with Gasteiger partial charge in [0, 0.05) is 70.3 Å². The lowest BCUT2D eigenvalue weighted by atomic mass is 9.34. The molecule has 5 heterocycles. The van der Waals surface area contributed by atoms with E-state index in [2.05, 4.69) is 294 Å². The van der Waals surface area contributed by atoms with Crippen LogP contribution in [-0.4, -0.2) is 20.4 Å². The van der Waals surface area contributed by atoms with Crippen molar-refractivity contribution in [1.82, 2.24) is 13.7 Å². The molecule has 394 valence electrons. The second-order valence-corrected chi connectivity index (χ2v) is 24.6. The number of fused-ring (bicyclic) bond motifs is 13. The molecule has 0 unspecified atom stereocenters. The molecule has 2 aliphatic heterocycles. The fourth-order valence-electron chi connectivity index (χ4n) is 14.1. The Kier molecular flexibility index (Phi) is 10.6. The second kappa shape index (κ2) is 18.4. The van der Waals surface area contributed by atoms with Gasteiger partial charge in [-0.15, -0.1) is 0 Å². The first kappa shape index (κ1) is 48.5. The van der Waals surface area contributed by atoms with E-state index in [-0.39, 0.29) is 12.1 Å². The van der Waals surface area contributed by atoms with E-state index < -0.39 is 0 Å². The lowest BCUT2D eigenvalue weighted by molar-refractivity contribution is 0.589. The van der Waals surface area contributed by atoms with Crippen LogP contribution in [-0.2, 0) is 5.41 Å². The van der Waals surface area contributed by atoms with Crippen molar-refractivity contribution in [2.24, 2.45) is 0 Å². The summed E-state index contributed by atoms with van der Waals surface area (Å²) in [5, 5.41) is 17.2. The highest BCUT2D eigenvalue weighted by molar-refractivity contribution is 8.00. The highest BCUT2D eigenvalue weighted by atomic mass is 32.2. The van der Waals surface area contributed by atoms with Gasteiger partial charge in [0.1, 0.15) is 0 Å². The van der Waals surface area contributed by atoms with Crippen LogP contribution in [0.25, 0.3) is 105 Å². The Balaban J connectivity index is 1.01. The molecule has 15 aromatic rings.